The van der Waals surface area contributed by atoms with E-state index in [1.54, 1.807) is 18.2 Å². The fourth-order valence-corrected chi connectivity index (χ4v) is 3.79. The molecular formula is C27H18BrF3O7. The van der Waals surface area contributed by atoms with Crippen LogP contribution in [0.5, 0.6) is 17.2 Å². The van der Waals surface area contributed by atoms with E-state index in [9.17, 15) is 27.6 Å². The number of halogens is 4. The molecule has 196 valence electrons. The molecule has 0 aliphatic carbocycles. The molecule has 4 aromatic rings. The van der Waals surface area contributed by atoms with Crippen molar-refractivity contribution in [1.29, 1.82) is 0 Å². The molecule has 0 unspecified atom stereocenters. The van der Waals surface area contributed by atoms with Gasteiger partial charge >= 0.3 is 18.1 Å². The van der Waals surface area contributed by atoms with Crippen LogP contribution in [-0.2, 0) is 10.9 Å². The summed E-state index contributed by atoms with van der Waals surface area (Å²) < 4.78 is 62.6. The molecule has 4 rings (SSSR count). The van der Waals surface area contributed by atoms with Gasteiger partial charge in [-0.25, -0.2) is 9.59 Å². The van der Waals surface area contributed by atoms with Gasteiger partial charge in [0.15, 0.2) is 0 Å². The van der Waals surface area contributed by atoms with Crippen molar-refractivity contribution >= 4 is 38.8 Å². The van der Waals surface area contributed by atoms with Gasteiger partial charge < -0.3 is 18.6 Å². The smallest absolute Gasteiger partial charge is 0.453 e. The topological polar surface area (TPSA) is 92.0 Å². The maximum atomic E-state index is 13.9. The van der Waals surface area contributed by atoms with Crippen molar-refractivity contribution in [3.05, 3.63) is 98.3 Å². The van der Waals surface area contributed by atoms with Crippen molar-refractivity contribution in [2.45, 2.75) is 19.5 Å². The van der Waals surface area contributed by atoms with Crippen molar-refractivity contribution in [3.63, 3.8) is 0 Å². The fourth-order valence-electron chi connectivity index (χ4n) is 3.34. The molecule has 1 heterocycles. The number of ether oxygens (including phenoxy) is 3. The minimum atomic E-state index is -5.09. The summed E-state index contributed by atoms with van der Waals surface area (Å²) in [6.07, 6.45) is -4.46. The van der Waals surface area contributed by atoms with E-state index in [1.165, 1.54) is 42.5 Å². The highest BCUT2D eigenvalue weighted by Crippen LogP contribution is 2.38. The first-order valence-corrected chi connectivity index (χ1v) is 12.0. The highest BCUT2D eigenvalue weighted by atomic mass is 79.9. The minimum Gasteiger partial charge on any atom is -0.462 e. The lowest BCUT2D eigenvalue weighted by Crippen LogP contribution is -2.16. The SMILES string of the molecule is CCCOC(=O)c1ccc(Oc2c(C(F)(F)F)oc3cc(OC(=O)c4ccccc4Br)ccc3c2=O)cc1. The van der Waals surface area contributed by atoms with Crippen LogP contribution in [-0.4, -0.2) is 18.5 Å². The largest absolute Gasteiger partial charge is 0.462 e. The molecule has 7 nitrogen and oxygen atoms in total. The quantitative estimate of drug-likeness (QED) is 0.167. The standard InChI is InChI=1S/C27H18BrF3O7/c1-2-13-35-25(33)15-7-9-16(10-8-15)36-23-22(32)19-12-11-17(14-21(19)38-24(23)27(29,30)31)37-26(34)18-5-3-4-6-20(18)28/h3-12,14H,2,13H2,1H3. The summed E-state index contributed by atoms with van der Waals surface area (Å²) in [5.74, 6) is -4.38. The Balaban J connectivity index is 1.67. The predicted molar refractivity (Wildman–Crippen MR) is 134 cm³/mol. The number of benzene rings is 3. The van der Waals surface area contributed by atoms with E-state index >= 15 is 0 Å². The van der Waals surface area contributed by atoms with Crippen LogP contribution in [0.4, 0.5) is 13.2 Å². The molecule has 0 N–H and O–H groups in total. The zero-order chi connectivity index (χ0) is 27.4. The number of esters is 2. The molecule has 11 heteroatoms. The molecule has 0 saturated carbocycles. The molecule has 38 heavy (non-hydrogen) atoms. The third-order valence-corrected chi connectivity index (χ3v) is 5.82. The average Bonchev–Trinajstić information content (AvgIpc) is 2.88. The minimum absolute atomic E-state index is 0.131. The van der Waals surface area contributed by atoms with E-state index in [0.29, 0.717) is 10.9 Å². The van der Waals surface area contributed by atoms with E-state index in [-0.39, 0.29) is 34.6 Å². The van der Waals surface area contributed by atoms with E-state index in [0.717, 1.165) is 6.07 Å². The van der Waals surface area contributed by atoms with Crippen LogP contribution in [0.3, 0.4) is 0 Å². The fraction of sp³-hybridized carbons (Fsp3) is 0.148. The van der Waals surface area contributed by atoms with Crippen LogP contribution in [0.25, 0.3) is 11.0 Å². The number of fused-ring (bicyclic) bond motifs is 1. The molecule has 3 aromatic carbocycles. The highest BCUT2D eigenvalue weighted by Gasteiger charge is 2.40. The normalized spacial score (nSPS) is 11.3. The molecular weight excluding hydrogens is 573 g/mol. The van der Waals surface area contributed by atoms with Crippen LogP contribution in [0.15, 0.2) is 80.4 Å². The van der Waals surface area contributed by atoms with Gasteiger partial charge in [0, 0.05) is 10.5 Å². The predicted octanol–water partition coefficient (Wildman–Crippen LogP) is 7.15. The number of carbonyl (C=O) groups excluding carboxylic acids is 2. The summed E-state index contributed by atoms with van der Waals surface area (Å²) in [7, 11) is 0. The van der Waals surface area contributed by atoms with Gasteiger partial charge in [-0.1, -0.05) is 19.1 Å². The van der Waals surface area contributed by atoms with Gasteiger partial charge in [-0.2, -0.15) is 13.2 Å². The Morgan fingerprint density at radius 1 is 0.947 bits per heavy atom. The first kappa shape index (κ1) is 26.9. The number of carbonyl (C=O) groups is 2. The first-order valence-electron chi connectivity index (χ1n) is 11.2. The molecule has 0 saturated heterocycles. The van der Waals surface area contributed by atoms with Crippen molar-refractivity contribution in [2.75, 3.05) is 6.61 Å². The molecule has 0 radical (unpaired) electrons. The van der Waals surface area contributed by atoms with E-state index in [2.05, 4.69) is 15.9 Å². The first-order chi connectivity index (χ1) is 18.1. The lowest BCUT2D eigenvalue weighted by molar-refractivity contribution is -0.154. The van der Waals surface area contributed by atoms with E-state index < -0.39 is 40.6 Å². The van der Waals surface area contributed by atoms with Crippen LogP contribution in [0.1, 0.15) is 39.8 Å². The van der Waals surface area contributed by atoms with Crippen molar-refractivity contribution in [3.8, 4) is 17.2 Å². The van der Waals surface area contributed by atoms with Gasteiger partial charge in [-0.05, 0) is 70.9 Å². The highest BCUT2D eigenvalue weighted by molar-refractivity contribution is 9.10. The van der Waals surface area contributed by atoms with Crippen LogP contribution in [0.2, 0.25) is 0 Å². The van der Waals surface area contributed by atoms with Gasteiger partial charge in [0.2, 0.25) is 11.2 Å². The molecule has 0 spiro atoms. The summed E-state index contributed by atoms with van der Waals surface area (Å²) in [6, 6.07) is 14.9. The zero-order valence-corrected chi connectivity index (χ0v) is 21.2. The molecule has 0 bridgehead atoms. The average molecular weight is 591 g/mol. The van der Waals surface area contributed by atoms with Gasteiger partial charge in [0.05, 0.1) is 23.1 Å². The van der Waals surface area contributed by atoms with Gasteiger partial charge in [0.1, 0.15) is 17.1 Å². The third kappa shape index (κ3) is 5.88. The van der Waals surface area contributed by atoms with E-state index in [4.69, 9.17) is 18.6 Å². The van der Waals surface area contributed by atoms with Crippen molar-refractivity contribution in [1.82, 2.24) is 0 Å². The second-order valence-electron chi connectivity index (χ2n) is 7.88. The number of alkyl halides is 3. The number of rotatable bonds is 7. The summed E-state index contributed by atoms with van der Waals surface area (Å²) in [5.41, 5.74) is -1.19. The monoisotopic (exact) mass is 590 g/mol. The van der Waals surface area contributed by atoms with Crippen LogP contribution in [0, 0.1) is 0 Å². The molecule has 0 amide bonds. The summed E-state index contributed by atoms with van der Waals surface area (Å²) >= 11 is 3.22. The Kier molecular flexibility index (Phi) is 7.86. The maximum absolute atomic E-state index is 13.9. The van der Waals surface area contributed by atoms with E-state index in [1.807, 2.05) is 6.92 Å². The molecule has 1 aromatic heterocycles. The van der Waals surface area contributed by atoms with Crippen molar-refractivity contribution in [2.24, 2.45) is 0 Å². The van der Waals surface area contributed by atoms with Gasteiger partial charge in [0.25, 0.3) is 5.76 Å². The Morgan fingerprint density at radius 3 is 2.29 bits per heavy atom. The van der Waals surface area contributed by atoms with Gasteiger partial charge in [-0.15, -0.1) is 0 Å². The molecule has 0 aliphatic heterocycles. The number of hydrogen-bond acceptors (Lipinski definition) is 7. The zero-order valence-electron chi connectivity index (χ0n) is 19.6. The second kappa shape index (κ2) is 11.1. The molecule has 0 atom stereocenters. The van der Waals surface area contributed by atoms with Gasteiger partial charge in [-0.3, -0.25) is 4.79 Å². The Morgan fingerprint density at radius 2 is 1.63 bits per heavy atom. The Hall–Kier alpha value is -4.12. The van der Waals surface area contributed by atoms with Crippen LogP contribution >= 0.6 is 15.9 Å². The summed E-state index contributed by atoms with van der Waals surface area (Å²) in [6.45, 7) is 2.05. The Labute approximate surface area is 221 Å². The van der Waals surface area contributed by atoms with Crippen molar-refractivity contribution < 1.29 is 41.4 Å². The maximum Gasteiger partial charge on any atom is 0.453 e. The summed E-state index contributed by atoms with van der Waals surface area (Å²) in [5, 5.41) is -0.228. The lowest BCUT2D eigenvalue weighted by Gasteiger charge is -2.14. The molecule has 0 aliphatic rings. The Bertz CT molecular complexity index is 1560. The van der Waals surface area contributed by atoms with Crippen LogP contribution < -0.4 is 14.9 Å². The summed E-state index contributed by atoms with van der Waals surface area (Å²) in [4.78, 5) is 37.4. The molecule has 0 fully saturated rings. The third-order valence-electron chi connectivity index (χ3n) is 5.13. The second-order valence-corrected chi connectivity index (χ2v) is 8.73. The lowest BCUT2D eigenvalue weighted by atomic mass is 10.2. The number of hydrogen-bond donors (Lipinski definition) is 0.